The van der Waals surface area contributed by atoms with Crippen LogP contribution in [0.1, 0.15) is 40.4 Å². The summed E-state index contributed by atoms with van der Waals surface area (Å²) in [5.74, 6) is 0.491. The van der Waals surface area contributed by atoms with Crippen LogP contribution in [0, 0.1) is 6.92 Å². The van der Waals surface area contributed by atoms with Gasteiger partial charge in [0.05, 0.1) is 0 Å². The number of aromatic nitrogens is 2. The van der Waals surface area contributed by atoms with E-state index in [1.54, 1.807) is 6.20 Å². The standard InChI is InChI=1S/C22H26N4O/c1-17-9-12-26-16-20(24-21(26)14-17)22(27)23-10-13-25-11-5-8-19(15-25)18-6-3-2-4-7-18/h2-4,6-7,9,12,14,16,19H,5,8,10-11,13,15H2,1H3,(H,23,27). The van der Waals surface area contributed by atoms with Gasteiger partial charge in [-0.15, -0.1) is 0 Å². The number of carbonyl (C=O) groups is 1. The van der Waals surface area contributed by atoms with Crippen LogP contribution >= 0.6 is 0 Å². The quantitative estimate of drug-likeness (QED) is 0.758. The number of pyridine rings is 1. The number of piperidine rings is 1. The van der Waals surface area contributed by atoms with Gasteiger partial charge in [0.15, 0.2) is 0 Å². The zero-order valence-electron chi connectivity index (χ0n) is 15.8. The second-order valence-corrected chi connectivity index (χ2v) is 7.40. The number of amides is 1. The van der Waals surface area contributed by atoms with E-state index in [1.807, 2.05) is 29.7 Å². The van der Waals surface area contributed by atoms with E-state index < -0.39 is 0 Å². The maximum Gasteiger partial charge on any atom is 0.271 e. The molecule has 140 valence electrons. The second-order valence-electron chi connectivity index (χ2n) is 7.40. The molecule has 1 fully saturated rings. The first kappa shape index (κ1) is 17.7. The minimum atomic E-state index is -0.104. The molecule has 4 rings (SSSR count). The van der Waals surface area contributed by atoms with Gasteiger partial charge in [0, 0.05) is 32.0 Å². The van der Waals surface area contributed by atoms with Gasteiger partial charge in [-0.25, -0.2) is 4.98 Å². The number of nitrogens with zero attached hydrogens (tertiary/aromatic N) is 3. The molecule has 1 aromatic carbocycles. The SMILES string of the molecule is Cc1ccn2cc(C(=O)NCCN3CCCC(c4ccccc4)C3)nc2c1. The van der Waals surface area contributed by atoms with Gasteiger partial charge >= 0.3 is 0 Å². The predicted molar refractivity (Wildman–Crippen MR) is 107 cm³/mol. The molecule has 2 aromatic heterocycles. The lowest BCUT2D eigenvalue weighted by Gasteiger charge is -2.33. The summed E-state index contributed by atoms with van der Waals surface area (Å²) in [6.45, 7) is 5.71. The number of likely N-dealkylation sites (tertiary alicyclic amines) is 1. The summed E-state index contributed by atoms with van der Waals surface area (Å²) >= 11 is 0. The van der Waals surface area contributed by atoms with Crippen LogP contribution in [0.4, 0.5) is 0 Å². The maximum absolute atomic E-state index is 12.4. The normalized spacial score (nSPS) is 17.9. The van der Waals surface area contributed by atoms with Crippen molar-refractivity contribution in [2.45, 2.75) is 25.7 Å². The molecular formula is C22H26N4O. The van der Waals surface area contributed by atoms with Gasteiger partial charge < -0.3 is 14.6 Å². The zero-order valence-corrected chi connectivity index (χ0v) is 15.8. The highest BCUT2D eigenvalue weighted by Gasteiger charge is 2.21. The molecule has 0 aliphatic carbocycles. The largest absolute Gasteiger partial charge is 0.349 e. The number of hydrogen-bond donors (Lipinski definition) is 1. The monoisotopic (exact) mass is 362 g/mol. The molecule has 1 unspecified atom stereocenters. The Balaban J connectivity index is 1.30. The van der Waals surface area contributed by atoms with Crippen LogP contribution < -0.4 is 5.32 Å². The third-order valence-corrected chi connectivity index (χ3v) is 5.34. The molecule has 1 amide bonds. The number of rotatable bonds is 5. The molecule has 5 heteroatoms. The number of aryl methyl sites for hydroxylation is 1. The van der Waals surface area contributed by atoms with Gasteiger partial charge in [0.2, 0.25) is 0 Å². The lowest BCUT2D eigenvalue weighted by Crippen LogP contribution is -2.40. The van der Waals surface area contributed by atoms with Gasteiger partial charge in [-0.2, -0.15) is 0 Å². The van der Waals surface area contributed by atoms with E-state index in [4.69, 9.17) is 0 Å². The fourth-order valence-corrected chi connectivity index (χ4v) is 3.87. The second kappa shape index (κ2) is 7.92. The Morgan fingerprint density at radius 2 is 2.11 bits per heavy atom. The zero-order chi connectivity index (χ0) is 18.6. The highest BCUT2D eigenvalue weighted by atomic mass is 16.1. The highest BCUT2D eigenvalue weighted by Crippen LogP contribution is 2.26. The van der Waals surface area contributed by atoms with Crippen LogP contribution in [0.3, 0.4) is 0 Å². The van der Waals surface area contributed by atoms with E-state index in [9.17, 15) is 4.79 Å². The van der Waals surface area contributed by atoms with E-state index in [2.05, 4.69) is 45.5 Å². The Labute approximate surface area is 160 Å². The van der Waals surface area contributed by atoms with Crippen LogP contribution in [-0.2, 0) is 0 Å². The predicted octanol–water partition coefficient (Wildman–Crippen LogP) is 3.25. The van der Waals surface area contributed by atoms with Crippen LogP contribution in [0.15, 0.2) is 54.9 Å². The van der Waals surface area contributed by atoms with Crippen molar-refractivity contribution in [2.75, 3.05) is 26.2 Å². The first-order chi connectivity index (χ1) is 13.2. The van der Waals surface area contributed by atoms with Crippen molar-refractivity contribution in [2.24, 2.45) is 0 Å². The first-order valence-electron chi connectivity index (χ1n) is 9.70. The fourth-order valence-electron chi connectivity index (χ4n) is 3.87. The third-order valence-electron chi connectivity index (χ3n) is 5.34. The topological polar surface area (TPSA) is 49.6 Å². The summed E-state index contributed by atoms with van der Waals surface area (Å²) in [6, 6.07) is 14.7. The van der Waals surface area contributed by atoms with Crippen molar-refractivity contribution in [1.82, 2.24) is 19.6 Å². The molecule has 1 aliphatic heterocycles. The average molecular weight is 362 g/mol. The van der Waals surface area contributed by atoms with Crippen molar-refractivity contribution >= 4 is 11.6 Å². The van der Waals surface area contributed by atoms with Gasteiger partial charge in [-0.3, -0.25) is 4.79 Å². The third kappa shape index (κ3) is 4.19. The summed E-state index contributed by atoms with van der Waals surface area (Å²) < 4.78 is 1.89. The number of fused-ring (bicyclic) bond motifs is 1. The number of carbonyl (C=O) groups excluding carboxylic acids is 1. The lowest BCUT2D eigenvalue weighted by molar-refractivity contribution is 0.0941. The number of nitrogens with one attached hydrogen (secondary N) is 1. The summed E-state index contributed by atoms with van der Waals surface area (Å²) in [5, 5.41) is 3.02. The van der Waals surface area contributed by atoms with Crippen molar-refractivity contribution in [3.05, 3.63) is 71.7 Å². The smallest absolute Gasteiger partial charge is 0.271 e. The molecular weight excluding hydrogens is 336 g/mol. The summed E-state index contributed by atoms with van der Waals surface area (Å²) in [7, 11) is 0. The van der Waals surface area contributed by atoms with E-state index >= 15 is 0 Å². The molecule has 5 nitrogen and oxygen atoms in total. The summed E-state index contributed by atoms with van der Waals surface area (Å²) in [4.78, 5) is 19.3. The van der Waals surface area contributed by atoms with Crippen LogP contribution in [0.25, 0.3) is 5.65 Å². The Bertz CT molecular complexity index is 918. The maximum atomic E-state index is 12.4. The van der Waals surface area contributed by atoms with Crippen LogP contribution in [0.5, 0.6) is 0 Å². The van der Waals surface area contributed by atoms with Gasteiger partial charge in [-0.05, 0) is 55.5 Å². The Hall–Kier alpha value is -2.66. The molecule has 1 N–H and O–H groups in total. The Morgan fingerprint density at radius 1 is 1.26 bits per heavy atom. The fraction of sp³-hybridized carbons (Fsp3) is 0.364. The first-order valence-corrected chi connectivity index (χ1v) is 9.70. The lowest BCUT2D eigenvalue weighted by atomic mass is 9.91. The Kier molecular flexibility index (Phi) is 5.21. The molecule has 1 saturated heterocycles. The van der Waals surface area contributed by atoms with E-state index in [1.165, 1.54) is 18.4 Å². The molecule has 3 aromatic rings. The molecule has 27 heavy (non-hydrogen) atoms. The molecule has 1 atom stereocenters. The molecule has 0 radical (unpaired) electrons. The number of hydrogen-bond acceptors (Lipinski definition) is 3. The van der Waals surface area contributed by atoms with Crippen molar-refractivity contribution in [1.29, 1.82) is 0 Å². The minimum Gasteiger partial charge on any atom is -0.349 e. The number of imidazole rings is 1. The Morgan fingerprint density at radius 3 is 2.96 bits per heavy atom. The average Bonchev–Trinajstić information content (AvgIpc) is 3.12. The summed E-state index contributed by atoms with van der Waals surface area (Å²) in [6.07, 6.45) is 6.18. The van der Waals surface area contributed by atoms with Crippen LogP contribution in [-0.4, -0.2) is 46.4 Å². The van der Waals surface area contributed by atoms with Gasteiger partial charge in [-0.1, -0.05) is 30.3 Å². The highest BCUT2D eigenvalue weighted by molar-refractivity contribution is 5.92. The van der Waals surface area contributed by atoms with Crippen molar-refractivity contribution in [3.8, 4) is 0 Å². The van der Waals surface area contributed by atoms with E-state index in [-0.39, 0.29) is 5.91 Å². The molecule has 0 saturated carbocycles. The van der Waals surface area contributed by atoms with Crippen molar-refractivity contribution in [3.63, 3.8) is 0 Å². The van der Waals surface area contributed by atoms with E-state index in [0.29, 0.717) is 18.2 Å². The van der Waals surface area contributed by atoms with E-state index in [0.717, 1.165) is 30.8 Å². The minimum absolute atomic E-state index is 0.104. The van der Waals surface area contributed by atoms with Crippen molar-refractivity contribution < 1.29 is 4.79 Å². The van der Waals surface area contributed by atoms with Gasteiger partial charge in [0.1, 0.15) is 11.3 Å². The molecule has 1 aliphatic rings. The molecule has 0 spiro atoms. The number of benzene rings is 1. The molecule has 3 heterocycles. The van der Waals surface area contributed by atoms with Gasteiger partial charge in [0.25, 0.3) is 5.91 Å². The molecule has 0 bridgehead atoms. The summed E-state index contributed by atoms with van der Waals surface area (Å²) in [5.41, 5.74) is 3.84. The van der Waals surface area contributed by atoms with Crippen LogP contribution in [0.2, 0.25) is 0 Å².